The lowest BCUT2D eigenvalue weighted by Gasteiger charge is -2.38. The van der Waals surface area contributed by atoms with E-state index in [4.69, 9.17) is 4.74 Å². The fraction of sp³-hybridized carbons (Fsp3) is 0.769. The number of hydrogen-bond acceptors (Lipinski definition) is 5. The second kappa shape index (κ2) is 6.61. The van der Waals surface area contributed by atoms with Crippen LogP contribution in [0.5, 0.6) is 0 Å². The van der Waals surface area contributed by atoms with Crippen molar-refractivity contribution in [3.8, 4) is 0 Å². The van der Waals surface area contributed by atoms with E-state index in [1.165, 1.54) is 17.8 Å². The van der Waals surface area contributed by atoms with Crippen LogP contribution in [0.1, 0.15) is 30.0 Å². The fourth-order valence-corrected chi connectivity index (χ4v) is 3.18. The molecule has 0 unspecified atom stereocenters. The largest absolute Gasteiger partial charge is 0.385 e. The quantitative estimate of drug-likeness (QED) is 0.825. The van der Waals surface area contributed by atoms with E-state index in [-0.39, 0.29) is 5.54 Å². The van der Waals surface area contributed by atoms with Crippen molar-refractivity contribution < 1.29 is 4.74 Å². The third-order valence-corrected chi connectivity index (χ3v) is 4.59. The van der Waals surface area contributed by atoms with Crippen LogP contribution in [0, 0.1) is 6.92 Å². The van der Waals surface area contributed by atoms with Gasteiger partial charge in [0.05, 0.1) is 0 Å². The molecule has 0 atom stereocenters. The lowest BCUT2D eigenvalue weighted by molar-refractivity contribution is 0.133. The van der Waals surface area contributed by atoms with Crippen LogP contribution in [0.4, 0.5) is 0 Å². The van der Waals surface area contributed by atoms with Crippen LogP contribution in [0.25, 0.3) is 0 Å². The Bertz CT molecular complexity index is 361. The lowest BCUT2D eigenvalue weighted by atomic mass is 9.85. The molecular weight excluding hydrogens is 246 g/mol. The van der Waals surface area contributed by atoms with Crippen LogP contribution < -0.4 is 10.6 Å². The van der Waals surface area contributed by atoms with E-state index in [2.05, 4.69) is 21.0 Å². The molecular formula is C13H23N3OS. The molecule has 4 nitrogen and oxygen atoms in total. The van der Waals surface area contributed by atoms with E-state index < -0.39 is 0 Å². The maximum atomic E-state index is 5.25. The number of thiazole rings is 1. The smallest absolute Gasteiger partial charge is 0.107 e. The summed E-state index contributed by atoms with van der Waals surface area (Å²) in [4.78, 5) is 4.52. The molecule has 0 bridgehead atoms. The Morgan fingerprint density at radius 3 is 2.89 bits per heavy atom. The first-order chi connectivity index (χ1) is 8.74. The highest BCUT2D eigenvalue weighted by Crippen LogP contribution is 2.23. The highest BCUT2D eigenvalue weighted by Gasteiger charge is 2.31. The van der Waals surface area contributed by atoms with Gasteiger partial charge in [-0.15, -0.1) is 11.3 Å². The van der Waals surface area contributed by atoms with Crippen molar-refractivity contribution in [2.24, 2.45) is 0 Å². The van der Waals surface area contributed by atoms with Crippen LogP contribution in [0.15, 0.2) is 5.38 Å². The number of hydrogen-bond donors (Lipinski definition) is 2. The minimum atomic E-state index is 0.223. The maximum Gasteiger partial charge on any atom is 0.107 e. The van der Waals surface area contributed by atoms with Gasteiger partial charge < -0.3 is 15.4 Å². The van der Waals surface area contributed by atoms with Gasteiger partial charge in [0.25, 0.3) is 0 Å². The molecule has 18 heavy (non-hydrogen) atoms. The number of nitrogens with zero attached hydrogens (tertiary/aromatic N) is 1. The van der Waals surface area contributed by atoms with Crippen molar-refractivity contribution >= 4 is 11.3 Å². The molecule has 102 valence electrons. The second-order valence-corrected chi connectivity index (χ2v) is 5.95. The Hall–Kier alpha value is -0.490. The van der Waals surface area contributed by atoms with Gasteiger partial charge in [-0.1, -0.05) is 0 Å². The molecule has 1 aliphatic rings. The zero-order valence-electron chi connectivity index (χ0n) is 11.3. The van der Waals surface area contributed by atoms with Crippen molar-refractivity contribution in [2.45, 2.75) is 38.3 Å². The molecule has 0 spiro atoms. The summed E-state index contributed by atoms with van der Waals surface area (Å²) in [6.07, 6.45) is 3.41. The van der Waals surface area contributed by atoms with Gasteiger partial charge in [0, 0.05) is 36.9 Å². The first-order valence-electron chi connectivity index (χ1n) is 6.60. The summed E-state index contributed by atoms with van der Waals surface area (Å²) in [5, 5.41) is 10.4. The topological polar surface area (TPSA) is 46.2 Å². The molecule has 0 saturated carbocycles. The fourth-order valence-electron chi connectivity index (χ4n) is 2.46. The van der Waals surface area contributed by atoms with Gasteiger partial charge in [-0.2, -0.15) is 0 Å². The zero-order chi connectivity index (χ0) is 12.8. The highest BCUT2D eigenvalue weighted by molar-refractivity contribution is 7.09. The van der Waals surface area contributed by atoms with Crippen molar-refractivity contribution in [3.05, 3.63) is 16.1 Å². The molecule has 0 aliphatic carbocycles. The van der Waals surface area contributed by atoms with E-state index >= 15 is 0 Å². The van der Waals surface area contributed by atoms with Crippen LogP contribution in [0.3, 0.4) is 0 Å². The second-order valence-electron chi connectivity index (χ2n) is 5.01. The van der Waals surface area contributed by atoms with Crippen LogP contribution in [0.2, 0.25) is 0 Å². The van der Waals surface area contributed by atoms with Crippen LogP contribution >= 0.6 is 11.3 Å². The minimum absolute atomic E-state index is 0.223. The summed E-state index contributed by atoms with van der Waals surface area (Å²) in [6, 6.07) is 0. The first-order valence-corrected chi connectivity index (χ1v) is 7.48. The highest BCUT2D eigenvalue weighted by atomic mass is 32.1. The van der Waals surface area contributed by atoms with Crippen molar-refractivity contribution in [2.75, 3.05) is 26.8 Å². The minimum Gasteiger partial charge on any atom is -0.385 e. The summed E-state index contributed by atoms with van der Waals surface area (Å²) < 4.78 is 5.25. The molecule has 1 aromatic heterocycles. The number of rotatable bonds is 6. The zero-order valence-corrected chi connectivity index (χ0v) is 12.1. The van der Waals surface area contributed by atoms with E-state index in [1.54, 1.807) is 18.4 Å². The predicted molar refractivity (Wildman–Crippen MR) is 75.0 cm³/mol. The standard InChI is InChI=1S/C13H23N3OS/c1-11-10-18-12(16-11)9-15-13(5-8-17-2)3-6-14-7-4-13/h10,14-15H,3-9H2,1-2H3. The van der Waals surface area contributed by atoms with Crippen molar-refractivity contribution in [1.82, 2.24) is 15.6 Å². The van der Waals surface area contributed by atoms with Crippen molar-refractivity contribution in [3.63, 3.8) is 0 Å². The van der Waals surface area contributed by atoms with Gasteiger partial charge in [-0.3, -0.25) is 0 Å². The van der Waals surface area contributed by atoms with Gasteiger partial charge in [0.2, 0.25) is 0 Å². The van der Waals surface area contributed by atoms with E-state index in [0.717, 1.165) is 38.4 Å². The number of nitrogens with one attached hydrogen (secondary N) is 2. The van der Waals surface area contributed by atoms with E-state index in [9.17, 15) is 0 Å². The van der Waals surface area contributed by atoms with Crippen molar-refractivity contribution in [1.29, 1.82) is 0 Å². The van der Waals surface area contributed by atoms with Gasteiger partial charge in [0.1, 0.15) is 5.01 Å². The number of aromatic nitrogens is 1. The average molecular weight is 269 g/mol. The van der Waals surface area contributed by atoms with Gasteiger partial charge in [-0.05, 0) is 39.3 Å². The van der Waals surface area contributed by atoms with Gasteiger partial charge in [-0.25, -0.2) is 4.98 Å². The number of ether oxygens (including phenoxy) is 1. The average Bonchev–Trinajstić information content (AvgIpc) is 2.81. The molecule has 2 heterocycles. The predicted octanol–water partition coefficient (Wildman–Crippen LogP) is 1.70. The molecule has 1 saturated heterocycles. The lowest BCUT2D eigenvalue weighted by Crippen LogP contribution is -2.52. The molecule has 1 fully saturated rings. The Balaban J connectivity index is 1.91. The Morgan fingerprint density at radius 1 is 1.50 bits per heavy atom. The van der Waals surface area contributed by atoms with Crippen LogP contribution in [-0.4, -0.2) is 37.3 Å². The monoisotopic (exact) mass is 269 g/mol. The Labute approximate surface area is 113 Å². The van der Waals surface area contributed by atoms with Gasteiger partial charge in [0.15, 0.2) is 0 Å². The summed E-state index contributed by atoms with van der Waals surface area (Å²) in [7, 11) is 1.78. The molecule has 2 rings (SSSR count). The number of methoxy groups -OCH3 is 1. The summed E-state index contributed by atoms with van der Waals surface area (Å²) in [5.74, 6) is 0. The molecule has 2 N–H and O–H groups in total. The molecule has 1 aromatic rings. The molecule has 0 aromatic carbocycles. The Kier molecular flexibility index (Phi) is 5.12. The third-order valence-electron chi connectivity index (χ3n) is 3.63. The van der Waals surface area contributed by atoms with Crippen LogP contribution in [-0.2, 0) is 11.3 Å². The molecule has 5 heteroatoms. The molecule has 0 amide bonds. The first kappa shape index (κ1) is 13.9. The van der Waals surface area contributed by atoms with E-state index in [0.29, 0.717) is 0 Å². The normalized spacial score (nSPS) is 19.0. The maximum absolute atomic E-state index is 5.25. The summed E-state index contributed by atoms with van der Waals surface area (Å²) in [6.45, 7) is 5.93. The third kappa shape index (κ3) is 3.75. The number of aryl methyl sites for hydroxylation is 1. The SMILES string of the molecule is COCCC1(NCc2nc(C)cs2)CCNCC1. The number of piperidine rings is 1. The molecule has 1 aliphatic heterocycles. The summed E-state index contributed by atoms with van der Waals surface area (Å²) >= 11 is 1.74. The van der Waals surface area contributed by atoms with E-state index in [1.807, 2.05) is 6.92 Å². The Morgan fingerprint density at radius 2 is 2.28 bits per heavy atom. The molecule has 0 radical (unpaired) electrons. The van der Waals surface area contributed by atoms with Gasteiger partial charge >= 0.3 is 0 Å². The summed E-state index contributed by atoms with van der Waals surface area (Å²) in [5.41, 5.74) is 1.34.